The maximum atomic E-state index is 12.8. The smallest absolute Gasteiger partial charge is 0.310 e. The predicted molar refractivity (Wildman–Crippen MR) is 75.8 cm³/mol. The average Bonchev–Trinajstić information content (AvgIpc) is 2.36. The molecule has 0 aliphatic rings. The monoisotopic (exact) mass is 281 g/mol. The first-order valence-electron chi connectivity index (χ1n) is 6.70. The summed E-state index contributed by atoms with van der Waals surface area (Å²) in [5.74, 6) is 0. The van der Waals surface area contributed by atoms with Crippen LogP contribution in [0.15, 0.2) is 36.4 Å². The molecule has 4 heteroatoms. The summed E-state index contributed by atoms with van der Waals surface area (Å²) >= 11 is 0. The molecular weight excluding hydrogens is 263 g/mol. The Balaban J connectivity index is 2.54. The Labute approximate surface area is 116 Å². The van der Waals surface area contributed by atoms with Gasteiger partial charge in [0, 0.05) is 6.04 Å². The van der Waals surface area contributed by atoms with Gasteiger partial charge in [-0.15, -0.1) is 0 Å². The molecule has 0 saturated heterocycles. The fraction of sp³-hybridized carbons (Fsp3) is 0.375. The highest BCUT2D eigenvalue weighted by Gasteiger charge is 2.33. The highest BCUT2D eigenvalue weighted by atomic mass is 19.4. The van der Waals surface area contributed by atoms with Crippen LogP contribution in [0.5, 0.6) is 0 Å². The zero-order chi connectivity index (χ0) is 14.8. The second-order valence-electron chi connectivity index (χ2n) is 4.95. The molecule has 0 radical (unpaired) electrons. The van der Waals surface area contributed by atoms with E-state index >= 15 is 0 Å². The normalized spacial score (nSPS) is 13.7. The molecule has 2 aromatic rings. The second-order valence-corrected chi connectivity index (χ2v) is 4.95. The minimum Gasteiger partial charge on any atom is -0.310 e. The van der Waals surface area contributed by atoms with Gasteiger partial charge in [-0.05, 0) is 35.4 Å². The first-order valence-corrected chi connectivity index (χ1v) is 6.70. The number of fused-ring (bicyclic) bond motifs is 1. The van der Waals surface area contributed by atoms with E-state index in [2.05, 4.69) is 5.32 Å². The number of rotatable bonds is 4. The third kappa shape index (κ3) is 3.31. The standard InChI is InChI=1S/C16H18F3N/c1-3-20-14(10-16(17,18)19)15-11(2)8-9-12-6-4-5-7-13(12)15/h4-9,14,20H,3,10H2,1-2H3. The van der Waals surface area contributed by atoms with Crippen LogP contribution in [0.2, 0.25) is 0 Å². The molecule has 1 nitrogen and oxygen atoms in total. The summed E-state index contributed by atoms with van der Waals surface area (Å²) in [4.78, 5) is 0. The highest BCUT2D eigenvalue weighted by Crippen LogP contribution is 2.34. The van der Waals surface area contributed by atoms with Gasteiger partial charge in [0.15, 0.2) is 0 Å². The van der Waals surface area contributed by atoms with Gasteiger partial charge in [-0.1, -0.05) is 43.3 Å². The Morgan fingerprint density at radius 3 is 2.45 bits per heavy atom. The fourth-order valence-corrected chi connectivity index (χ4v) is 2.62. The van der Waals surface area contributed by atoms with E-state index in [1.165, 1.54) is 0 Å². The predicted octanol–water partition coefficient (Wildman–Crippen LogP) is 4.75. The fourth-order valence-electron chi connectivity index (χ4n) is 2.62. The quantitative estimate of drug-likeness (QED) is 0.852. The molecule has 1 unspecified atom stereocenters. The summed E-state index contributed by atoms with van der Waals surface area (Å²) in [6.45, 7) is 4.19. The molecule has 2 aromatic carbocycles. The molecule has 0 spiro atoms. The van der Waals surface area contributed by atoms with E-state index in [0.717, 1.165) is 21.9 Å². The average molecular weight is 281 g/mol. The van der Waals surface area contributed by atoms with Crippen molar-refractivity contribution in [2.24, 2.45) is 0 Å². The van der Waals surface area contributed by atoms with Crippen molar-refractivity contribution in [1.29, 1.82) is 0 Å². The molecule has 0 heterocycles. The zero-order valence-electron chi connectivity index (χ0n) is 11.6. The summed E-state index contributed by atoms with van der Waals surface area (Å²) in [6.07, 6.45) is -5.04. The summed E-state index contributed by atoms with van der Waals surface area (Å²) in [5, 5.41) is 4.83. The van der Waals surface area contributed by atoms with E-state index in [0.29, 0.717) is 6.54 Å². The topological polar surface area (TPSA) is 12.0 Å². The molecule has 0 saturated carbocycles. The molecule has 1 N–H and O–H groups in total. The van der Waals surface area contributed by atoms with Crippen LogP contribution < -0.4 is 5.32 Å². The number of aryl methyl sites for hydroxylation is 1. The van der Waals surface area contributed by atoms with Crippen LogP contribution in [0.4, 0.5) is 13.2 Å². The number of hydrogen-bond donors (Lipinski definition) is 1. The zero-order valence-corrected chi connectivity index (χ0v) is 11.6. The van der Waals surface area contributed by atoms with E-state index in [1.807, 2.05) is 50.2 Å². The number of nitrogens with one attached hydrogen (secondary N) is 1. The Morgan fingerprint density at radius 1 is 1.10 bits per heavy atom. The summed E-state index contributed by atoms with van der Waals surface area (Å²) in [6, 6.07) is 10.7. The van der Waals surface area contributed by atoms with Gasteiger partial charge >= 0.3 is 6.18 Å². The molecule has 0 aliphatic carbocycles. The lowest BCUT2D eigenvalue weighted by molar-refractivity contribution is -0.140. The molecule has 108 valence electrons. The third-order valence-electron chi connectivity index (χ3n) is 3.42. The summed E-state index contributed by atoms with van der Waals surface area (Å²) in [5.41, 5.74) is 1.64. The minimum absolute atomic E-state index is 0.503. The van der Waals surface area contributed by atoms with E-state index in [4.69, 9.17) is 0 Å². The number of halogens is 3. The first-order chi connectivity index (χ1) is 9.42. The molecule has 0 fully saturated rings. The van der Waals surface area contributed by atoms with Crippen molar-refractivity contribution in [3.05, 3.63) is 47.5 Å². The van der Waals surface area contributed by atoms with Crippen LogP contribution in [-0.2, 0) is 0 Å². The van der Waals surface area contributed by atoms with Gasteiger partial charge in [0.05, 0.1) is 6.42 Å². The number of alkyl halides is 3. The lowest BCUT2D eigenvalue weighted by Crippen LogP contribution is -2.27. The van der Waals surface area contributed by atoms with Crippen LogP contribution >= 0.6 is 0 Å². The SMILES string of the molecule is CCNC(CC(F)(F)F)c1c(C)ccc2ccccc12. The Kier molecular flexibility index (Phi) is 4.33. The van der Waals surface area contributed by atoms with Crippen LogP contribution in [0.1, 0.15) is 30.5 Å². The molecule has 2 rings (SSSR count). The van der Waals surface area contributed by atoms with Gasteiger partial charge in [0.2, 0.25) is 0 Å². The van der Waals surface area contributed by atoms with Gasteiger partial charge in [0.25, 0.3) is 0 Å². The van der Waals surface area contributed by atoms with Crippen molar-refractivity contribution in [3.63, 3.8) is 0 Å². The lowest BCUT2D eigenvalue weighted by atomic mass is 9.92. The Bertz CT molecular complexity index is 590. The van der Waals surface area contributed by atoms with Crippen molar-refractivity contribution in [1.82, 2.24) is 5.32 Å². The molecule has 0 aliphatic heterocycles. The van der Waals surface area contributed by atoms with Crippen LogP contribution in [0.3, 0.4) is 0 Å². The number of hydrogen-bond acceptors (Lipinski definition) is 1. The molecule has 0 amide bonds. The summed E-state index contributed by atoms with van der Waals surface area (Å²) < 4.78 is 38.4. The van der Waals surface area contributed by atoms with Crippen molar-refractivity contribution in [2.75, 3.05) is 6.54 Å². The van der Waals surface area contributed by atoms with Gasteiger partial charge in [-0.2, -0.15) is 13.2 Å². The summed E-state index contributed by atoms with van der Waals surface area (Å²) in [7, 11) is 0. The number of benzene rings is 2. The van der Waals surface area contributed by atoms with Gasteiger partial charge in [-0.3, -0.25) is 0 Å². The molecule has 20 heavy (non-hydrogen) atoms. The van der Waals surface area contributed by atoms with Gasteiger partial charge < -0.3 is 5.32 Å². The van der Waals surface area contributed by atoms with Crippen LogP contribution in [-0.4, -0.2) is 12.7 Å². The Hall–Kier alpha value is -1.55. The largest absolute Gasteiger partial charge is 0.390 e. The first kappa shape index (κ1) is 14.9. The van der Waals surface area contributed by atoms with E-state index < -0.39 is 18.6 Å². The third-order valence-corrected chi connectivity index (χ3v) is 3.42. The molecule has 0 bridgehead atoms. The van der Waals surface area contributed by atoms with E-state index in [1.54, 1.807) is 0 Å². The van der Waals surface area contributed by atoms with E-state index in [9.17, 15) is 13.2 Å². The second kappa shape index (κ2) is 5.83. The van der Waals surface area contributed by atoms with Crippen molar-refractivity contribution >= 4 is 10.8 Å². The van der Waals surface area contributed by atoms with E-state index in [-0.39, 0.29) is 0 Å². The van der Waals surface area contributed by atoms with Crippen LogP contribution in [0.25, 0.3) is 10.8 Å². The van der Waals surface area contributed by atoms with Crippen molar-refractivity contribution < 1.29 is 13.2 Å². The maximum absolute atomic E-state index is 12.8. The molecular formula is C16H18F3N. The van der Waals surface area contributed by atoms with Crippen molar-refractivity contribution in [2.45, 2.75) is 32.5 Å². The minimum atomic E-state index is -4.18. The highest BCUT2D eigenvalue weighted by molar-refractivity contribution is 5.87. The van der Waals surface area contributed by atoms with Gasteiger partial charge in [-0.25, -0.2) is 0 Å². The lowest BCUT2D eigenvalue weighted by Gasteiger charge is -2.23. The van der Waals surface area contributed by atoms with Crippen LogP contribution in [0, 0.1) is 6.92 Å². The van der Waals surface area contributed by atoms with Crippen molar-refractivity contribution in [3.8, 4) is 0 Å². The Morgan fingerprint density at radius 2 is 1.80 bits per heavy atom. The van der Waals surface area contributed by atoms with Gasteiger partial charge in [0.1, 0.15) is 0 Å². The molecule has 1 atom stereocenters. The molecule has 0 aromatic heterocycles. The maximum Gasteiger partial charge on any atom is 0.390 e.